The van der Waals surface area contributed by atoms with Crippen LogP contribution in [-0.2, 0) is 19.1 Å². The van der Waals surface area contributed by atoms with Crippen molar-refractivity contribution in [1.29, 1.82) is 0 Å². The molecule has 142 valence electrons. The molecule has 0 aliphatic carbocycles. The van der Waals surface area contributed by atoms with Crippen LogP contribution in [0, 0.1) is 0 Å². The summed E-state index contributed by atoms with van der Waals surface area (Å²) in [6.07, 6.45) is 3.92. The van der Waals surface area contributed by atoms with Gasteiger partial charge in [0.25, 0.3) is 11.8 Å². The molecule has 1 aromatic carbocycles. The molecule has 0 aliphatic heterocycles. The minimum absolute atomic E-state index is 0.220. The SMILES string of the molecule is COc1cc(/C=C/C(=O)OCC(=O)Nc2ccon2)ccc1OCC(N)=O. The normalized spacial score (nSPS) is 10.4. The number of carbonyl (C=O) groups is 3. The summed E-state index contributed by atoms with van der Waals surface area (Å²) < 4.78 is 19.7. The van der Waals surface area contributed by atoms with E-state index in [1.807, 2.05) is 0 Å². The van der Waals surface area contributed by atoms with Gasteiger partial charge in [-0.3, -0.25) is 9.59 Å². The Balaban J connectivity index is 1.87. The molecule has 0 unspecified atom stereocenters. The van der Waals surface area contributed by atoms with Gasteiger partial charge in [0, 0.05) is 12.1 Å². The van der Waals surface area contributed by atoms with E-state index in [1.54, 1.807) is 18.2 Å². The molecule has 2 amide bonds. The predicted molar refractivity (Wildman–Crippen MR) is 92.8 cm³/mol. The largest absolute Gasteiger partial charge is 0.493 e. The molecule has 27 heavy (non-hydrogen) atoms. The smallest absolute Gasteiger partial charge is 0.331 e. The molecule has 0 saturated carbocycles. The maximum atomic E-state index is 11.7. The summed E-state index contributed by atoms with van der Waals surface area (Å²) in [4.78, 5) is 34.0. The van der Waals surface area contributed by atoms with Crippen LogP contribution in [0.5, 0.6) is 11.5 Å². The highest BCUT2D eigenvalue weighted by molar-refractivity contribution is 5.94. The minimum Gasteiger partial charge on any atom is -0.493 e. The van der Waals surface area contributed by atoms with Gasteiger partial charge in [0.1, 0.15) is 6.26 Å². The lowest BCUT2D eigenvalue weighted by molar-refractivity contribution is -0.142. The average Bonchev–Trinajstić information content (AvgIpc) is 3.16. The fourth-order valence-electron chi connectivity index (χ4n) is 1.86. The van der Waals surface area contributed by atoms with Crippen molar-refractivity contribution in [3.8, 4) is 11.5 Å². The summed E-state index contributed by atoms with van der Waals surface area (Å²) in [5.41, 5.74) is 5.64. The number of nitrogens with zero attached hydrogens (tertiary/aromatic N) is 1. The van der Waals surface area contributed by atoms with Gasteiger partial charge in [0.2, 0.25) is 0 Å². The predicted octanol–water partition coefficient (Wildman–Crippen LogP) is 0.742. The van der Waals surface area contributed by atoms with Gasteiger partial charge in [-0.15, -0.1) is 0 Å². The number of amides is 2. The van der Waals surface area contributed by atoms with Gasteiger partial charge < -0.3 is 29.8 Å². The first-order chi connectivity index (χ1) is 13.0. The lowest BCUT2D eigenvalue weighted by Gasteiger charge is -2.09. The number of carbonyl (C=O) groups excluding carboxylic acids is 3. The Morgan fingerprint density at radius 1 is 1.22 bits per heavy atom. The molecular weight excluding hydrogens is 358 g/mol. The van der Waals surface area contributed by atoms with Crippen molar-refractivity contribution < 1.29 is 33.1 Å². The van der Waals surface area contributed by atoms with Crippen molar-refractivity contribution in [2.75, 3.05) is 25.6 Å². The number of rotatable bonds is 9. The molecule has 2 rings (SSSR count). The van der Waals surface area contributed by atoms with E-state index in [-0.39, 0.29) is 12.4 Å². The van der Waals surface area contributed by atoms with Crippen LogP contribution in [0.15, 0.2) is 41.1 Å². The van der Waals surface area contributed by atoms with Gasteiger partial charge in [0.05, 0.1) is 7.11 Å². The summed E-state index contributed by atoms with van der Waals surface area (Å²) in [7, 11) is 1.43. The summed E-state index contributed by atoms with van der Waals surface area (Å²) in [6, 6.07) is 6.25. The Kier molecular flexibility index (Phi) is 6.94. The number of hydrogen-bond donors (Lipinski definition) is 2. The molecule has 10 heteroatoms. The van der Waals surface area contributed by atoms with Crippen molar-refractivity contribution in [1.82, 2.24) is 5.16 Å². The van der Waals surface area contributed by atoms with Gasteiger partial charge in [-0.1, -0.05) is 11.2 Å². The molecule has 1 aromatic heterocycles. The number of anilines is 1. The number of esters is 1. The van der Waals surface area contributed by atoms with Gasteiger partial charge >= 0.3 is 5.97 Å². The van der Waals surface area contributed by atoms with Crippen LogP contribution < -0.4 is 20.5 Å². The van der Waals surface area contributed by atoms with Gasteiger partial charge in [-0.05, 0) is 23.8 Å². The Labute approximate surface area is 153 Å². The third-order valence-corrected chi connectivity index (χ3v) is 3.02. The molecule has 2 aromatic rings. The number of ether oxygens (including phenoxy) is 3. The molecule has 0 saturated heterocycles. The molecule has 0 radical (unpaired) electrons. The monoisotopic (exact) mass is 375 g/mol. The highest BCUT2D eigenvalue weighted by Gasteiger charge is 2.08. The number of aromatic nitrogens is 1. The molecule has 0 bridgehead atoms. The fourth-order valence-corrected chi connectivity index (χ4v) is 1.86. The maximum absolute atomic E-state index is 11.7. The van der Waals surface area contributed by atoms with Crippen molar-refractivity contribution in [3.05, 3.63) is 42.2 Å². The summed E-state index contributed by atoms with van der Waals surface area (Å²) >= 11 is 0. The number of nitrogens with two attached hydrogens (primary N) is 1. The first-order valence-electron chi connectivity index (χ1n) is 7.62. The Morgan fingerprint density at radius 2 is 2.04 bits per heavy atom. The summed E-state index contributed by atoms with van der Waals surface area (Å²) in [6.45, 7) is -0.756. The standard InChI is InChI=1S/C17H17N3O7/c1-24-13-8-11(2-4-12(13)25-9-14(18)21)3-5-17(23)26-10-16(22)19-15-6-7-27-20-15/h2-8H,9-10H2,1H3,(H2,18,21)(H,19,20,22)/b5-3+. The molecule has 0 atom stereocenters. The van der Waals surface area contributed by atoms with Crippen molar-refractivity contribution >= 4 is 29.7 Å². The summed E-state index contributed by atoms with van der Waals surface area (Å²) in [5, 5.41) is 5.88. The van der Waals surface area contributed by atoms with Crippen LogP contribution in [0.3, 0.4) is 0 Å². The van der Waals surface area contributed by atoms with Crippen LogP contribution in [-0.4, -0.2) is 43.3 Å². The van der Waals surface area contributed by atoms with Gasteiger partial charge in [-0.2, -0.15) is 0 Å². The van der Waals surface area contributed by atoms with E-state index >= 15 is 0 Å². The van der Waals surface area contributed by atoms with E-state index in [0.717, 1.165) is 6.08 Å². The average molecular weight is 375 g/mol. The molecular formula is C17H17N3O7. The molecule has 3 N–H and O–H groups in total. The zero-order chi connectivity index (χ0) is 19.6. The van der Waals surface area contributed by atoms with Crippen LogP contribution in [0.1, 0.15) is 5.56 Å². The number of nitrogens with one attached hydrogen (secondary N) is 1. The second kappa shape index (κ2) is 9.61. The Bertz CT molecular complexity index is 831. The van der Waals surface area contributed by atoms with E-state index in [0.29, 0.717) is 17.1 Å². The molecule has 10 nitrogen and oxygen atoms in total. The lowest BCUT2D eigenvalue weighted by Crippen LogP contribution is -2.20. The second-order valence-corrected chi connectivity index (χ2v) is 5.04. The van der Waals surface area contributed by atoms with Crippen molar-refractivity contribution in [2.24, 2.45) is 5.73 Å². The number of benzene rings is 1. The number of methoxy groups -OCH3 is 1. The number of primary amides is 1. The number of hydrogen-bond acceptors (Lipinski definition) is 8. The highest BCUT2D eigenvalue weighted by Crippen LogP contribution is 2.28. The van der Waals surface area contributed by atoms with E-state index in [4.69, 9.17) is 19.9 Å². The van der Waals surface area contributed by atoms with Crippen LogP contribution in [0.4, 0.5) is 5.82 Å². The van der Waals surface area contributed by atoms with Gasteiger partial charge in [-0.25, -0.2) is 4.79 Å². The van der Waals surface area contributed by atoms with E-state index in [1.165, 1.54) is 25.5 Å². The third-order valence-electron chi connectivity index (χ3n) is 3.02. The van der Waals surface area contributed by atoms with Crippen LogP contribution in [0.25, 0.3) is 6.08 Å². The molecule has 0 aliphatic rings. The Hall–Kier alpha value is -3.82. The van der Waals surface area contributed by atoms with Crippen molar-refractivity contribution in [3.63, 3.8) is 0 Å². The van der Waals surface area contributed by atoms with Gasteiger partial charge in [0.15, 0.2) is 30.5 Å². The Morgan fingerprint density at radius 3 is 2.70 bits per heavy atom. The van der Waals surface area contributed by atoms with E-state index in [9.17, 15) is 14.4 Å². The second-order valence-electron chi connectivity index (χ2n) is 5.04. The van der Waals surface area contributed by atoms with Crippen LogP contribution >= 0.6 is 0 Å². The molecule has 1 heterocycles. The summed E-state index contributed by atoms with van der Waals surface area (Å²) in [5.74, 6) is -0.963. The first kappa shape index (κ1) is 19.5. The van der Waals surface area contributed by atoms with Crippen molar-refractivity contribution in [2.45, 2.75) is 0 Å². The van der Waals surface area contributed by atoms with E-state index < -0.39 is 24.4 Å². The fraction of sp³-hybridized carbons (Fsp3) is 0.176. The lowest BCUT2D eigenvalue weighted by atomic mass is 10.2. The first-order valence-corrected chi connectivity index (χ1v) is 7.62. The topological polar surface area (TPSA) is 143 Å². The zero-order valence-electron chi connectivity index (χ0n) is 14.3. The zero-order valence-corrected chi connectivity index (χ0v) is 14.3. The molecule has 0 fully saturated rings. The maximum Gasteiger partial charge on any atom is 0.331 e. The highest BCUT2D eigenvalue weighted by atomic mass is 16.5. The minimum atomic E-state index is -0.710. The quantitative estimate of drug-likeness (QED) is 0.482. The van der Waals surface area contributed by atoms with E-state index in [2.05, 4.69) is 15.0 Å². The molecule has 0 spiro atoms. The third kappa shape index (κ3) is 6.53. The van der Waals surface area contributed by atoms with Crippen LogP contribution in [0.2, 0.25) is 0 Å².